The molecule has 160 valence electrons. The molecule has 0 aliphatic rings. The zero-order chi connectivity index (χ0) is 22.3. The number of nitrogens with one attached hydrogen (secondary N) is 2. The molecule has 0 unspecified atom stereocenters. The second-order valence-electron chi connectivity index (χ2n) is 6.89. The number of nitrogens with zero attached hydrogens (tertiary/aromatic N) is 3. The Morgan fingerprint density at radius 2 is 1.44 bits per heavy atom. The highest BCUT2D eigenvalue weighted by Crippen LogP contribution is 2.21. The second kappa shape index (κ2) is 9.67. The van der Waals surface area contributed by atoms with Gasteiger partial charge in [-0.25, -0.2) is 9.67 Å². The zero-order valence-electron chi connectivity index (χ0n) is 17.4. The maximum atomic E-state index is 12.9. The standard InChI is InChI=1S/C24H21N5O3/c1-32-16-21(30)25-18-12-14-19(15-13-18)26-24(31)22-27-23(17-8-4-2-5-9-17)29(28-22)20-10-6-3-7-11-20/h2-15H,16H2,1H3,(H,25,30)(H,26,31). The first-order valence-corrected chi connectivity index (χ1v) is 9.92. The van der Waals surface area contributed by atoms with Crippen molar-refractivity contribution in [2.24, 2.45) is 0 Å². The number of benzene rings is 3. The van der Waals surface area contributed by atoms with Gasteiger partial charge in [0.2, 0.25) is 11.7 Å². The van der Waals surface area contributed by atoms with Crippen molar-refractivity contribution in [2.45, 2.75) is 0 Å². The molecule has 8 heteroatoms. The normalized spacial score (nSPS) is 10.5. The Bertz CT molecular complexity index is 1150. The Morgan fingerprint density at radius 1 is 0.844 bits per heavy atom. The number of rotatable bonds is 7. The highest BCUT2D eigenvalue weighted by atomic mass is 16.5. The van der Waals surface area contributed by atoms with Crippen LogP contribution in [0.1, 0.15) is 10.6 Å². The number of hydrogen-bond donors (Lipinski definition) is 2. The van der Waals surface area contributed by atoms with Gasteiger partial charge in [-0.1, -0.05) is 48.5 Å². The molecule has 1 heterocycles. The van der Waals surface area contributed by atoms with E-state index >= 15 is 0 Å². The van der Waals surface area contributed by atoms with Crippen LogP contribution in [0.5, 0.6) is 0 Å². The molecule has 0 spiro atoms. The maximum absolute atomic E-state index is 12.9. The average Bonchev–Trinajstić information content (AvgIpc) is 3.27. The summed E-state index contributed by atoms with van der Waals surface area (Å²) in [6.07, 6.45) is 0. The van der Waals surface area contributed by atoms with Crippen molar-refractivity contribution in [2.75, 3.05) is 24.4 Å². The number of ether oxygens (including phenoxy) is 1. The Morgan fingerprint density at radius 3 is 2.06 bits per heavy atom. The van der Waals surface area contributed by atoms with E-state index in [1.165, 1.54) is 7.11 Å². The predicted molar refractivity (Wildman–Crippen MR) is 122 cm³/mol. The van der Waals surface area contributed by atoms with Crippen molar-refractivity contribution in [3.8, 4) is 17.1 Å². The van der Waals surface area contributed by atoms with Gasteiger partial charge in [0.05, 0.1) is 5.69 Å². The highest BCUT2D eigenvalue weighted by molar-refractivity contribution is 6.02. The average molecular weight is 427 g/mol. The number of hydrogen-bond acceptors (Lipinski definition) is 5. The fraction of sp³-hybridized carbons (Fsp3) is 0.0833. The van der Waals surface area contributed by atoms with Crippen molar-refractivity contribution < 1.29 is 14.3 Å². The van der Waals surface area contributed by atoms with Crippen LogP contribution in [-0.4, -0.2) is 40.3 Å². The number of methoxy groups -OCH3 is 1. The molecule has 4 rings (SSSR count). The SMILES string of the molecule is COCC(=O)Nc1ccc(NC(=O)c2nc(-c3ccccc3)n(-c3ccccc3)n2)cc1. The van der Waals surface area contributed by atoms with Crippen molar-refractivity contribution in [3.63, 3.8) is 0 Å². The number of anilines is 2. The summed E-state index contributed by atoms with van der Waals surface area (Å²) in [6.45, 7) is -0.0298. The van der Waals surface area contributed by atoms with Gasteiger partial charge >= 0.3 is 0 Å². The van der Waals surface area contributed by atoms with Gasteiger partial charge in [-0.3, -0.25) is 9.59 Å². The Balaban J connectivity index is 1.56. The summed E-state index contributed by atoms with van der Waals surface area (Å²) in [5.74, 6) is -0.0789. The molecule has 0 fully saturated rings. The van der Waals surface area contributed by atoms with Gasteiger partial charge in [0.25, 0.3) is 5.91 Å². The molecule has 0 atom stereocenters. The number of para-hydroxylation sites is 1. The minimum absolute atomic E-state index is 0.0298. The van der Waals surface area contributed by atoms with Gasteiger partial charge in [0.15, 0.2) is 5.82 Å². The van der Waals surface area contributed by atoms with E-state index in [4.69, 9.17) is 4.74 Å². The number of aromatic nitrogens is 3. The van der Waals surface area contributed by atoms with Crippen LogP contribution >= 0.6 is 0 Å². The van der Waals surface area contributed by atoms with Crippen LogP contribution in [0.25, 0.3) is 17.1 Å². The fourth-order valence-corrected chi connectivity index (χ4v) is 3.08. The fourth-order valence-electron chi connectivity index (χ4n) is 3.08. The zero-order valence-corrected chi connectivity index (χ0v) is 17.4. The topological polar surface area (TPSA) is 98.1 Å². The summed E-state index contributed by atoms with van der Waals surface area (Å²) in [6, 6.07) is 25.8. The number of carbonyl (C=O) groups is 2. The van der Waals surface area contributed by atoms with Crippen LogP contribution in [-0.2, 0) is 9.53 Å². The second-order valence-corrected chi connectivity index (χ2v) is 6.89. The Labute approximate surface area is 184 Å². The molecule has 0 aliphatic heterocycles. The van der Waals surface area contributed by atoms with Crippen molar-refractivity contribution in [1.29, 1.82) is 0 Å². The minimum atomic E-state index is -0.437. The molecule has 0 saturated heterocycles. The lowest BCUT2D eigenvalue weighted by atomic mass is 10.2. The van der Waals surface area contributed by atoms with Crippen molar-refractivity contribution in [3.05, 3.63) is 90.8 Å². The molecule has 0 aliphatic carbocycles. The van der Waals surface area contributed by atoms with E-state index in [-0.39, 0.29) is 18.3 Å². The van der Waals surface area contributed by atoms with Crippen molar-refractivity contribution in [1.82, 2.24) is 14.8 Å². The van der Waals surface area contributed by atoms with Gasteiger partial charge in [-0.05, 0) is 36.4 Å². The summed E-state index contributed by atoms with van der Waals surface area (Å²) in [5.41, 5.74) is 2.80. The van der Waals surface area contributed by atoms with Crippen LogP contribution in [0.15, 0.2) is 84.9 Å². The summed E-state index contributed by atoms with van der Waals surface area (Å²) in [7, 11) is 1.45. The third kappa shape index (κ3) is 4.88. The Kier molecular flexibility index (Phi) is 6.33. The molecular weight excluding hydrogens is 406 g/mol. The molecule has 0 radical (unpaired) electrons. The molecule has 2 amide bonds. The Hall–Kier alpha value is -4.30. The largest absolute Gasteiger partial charge is 0.375 e. The van der Waals surface area contributed by atoms with Crippen LogP contribution in [0.4, 0.5) is 11.4 Å². The monoisotopic (exact) mass is 427 g/mol. The molecule has 32 heavy (non-hydrogen) atoms. The van der Waals surface area contributed by atoms with E-state index in [1.807, 2.05) is 60.7 Å². The predicted octanol–water partition coefficient (Wildman–Crippen LogP) is 3.77. The minimum Gasteiger partial charge on any atom is -0.375 e. The van der Waals surface area contributed by atoms with E-state index in [2.05, 4.69) is 20.7 Å². The third-order valence-corrected chi connectivity index (χ3v) is 4.54. The van der Waals surface area contributed by atoms with Crippen LogP contribution in [0.2, 0.25) is 0 Å². The molecule has 0 bridgehead atoms. The molecule has 0 saturated carbocycles. The summed E-state index contributed by atoms with van der Waals surface area (Å²) >= 11 is 0. The van der Waals surface area contributed by atoms with E-state index in [1.54, 1.807) is 28.9 Å². The molecule has 3 aromatic carbocycles. The summed E-state index contributed by atoms with van der Waals surface area (Å²) in [4.78, 5) is 29.0. The molecule has 1 aromatic heterocycles. The van der Waals surface area contributed by atoms with Gasteiger partial charge in [0.1, 0.15) is 6.61 Å². The number of amides is 2. The van der Waals surface area contributed by atoms with E-state index in [0.29, 0.717) is 17.2 Å². The quantitative estimate of drug-likeness (QED) is 0.468. The smallest absolute Gasteiger partial charge is 0.295 e. The molecule has 4 aromatic rings. The molecule has 2 N–H and O–H groups in total. The van der Waals surface area contributed by atoms with Crippen LogP contribution in [0.3, 0.4) is 0 Å². The first kappa shape index (κ1) is 21.0. The third-order valence-electron chi connectivity index (χ3n) is 4.54. The number of carbonyl (C=O) groups excluding carboxylic acids is 2. The van der Waals surface area contributed by atoms with Crippen molar-refractivity contribution >= 4 is 23.2 Å². The van der Waals surface area contributed by atoms with Crippen LogP contribution < -0.4 is 10.6 Å². The first-order chi connectivity index (χ1) is 15.6. The van der Waals surface area contributed by atoms with Crippen LogP contribution in [0, 0.1) is 0 Å². The van der Waals surface area contributed by atoms with Gasteiger partial charge in [-0.2, -0.15) is 0 Å². The van der Waals surface area contributed by atoms with Gasteiger partial charge < -0.3 is 15.4 Å². The lowest BCUT2D eigenvalue weighted by Gasteiger charge is -2.06. The molecule has 8 nitrogen and oxygen atoms in total. The maximum Gasteiger partial charge on any atom is 0.295 e. The van der Waals surface area contributed by atoms with E-state index in [9.17, 15) is 9.59 Å². The van der Waals surface area contributed by atoms with E-state index in [0.717, 1.165) is 11.3 Å². The van der Waals surface area contributed by atoms with Gasteiger partial charge in [0, 0.05) is 24.0 Å². The lowest BCUT2D eigenvalue weighted by Crippen LogP contribution is -2.17. The molecular formula is C24H21N5O3. The van der Waals surface area contributed by atoms with E-state index < -0.39 is 5.91 Å². The lowest BCUT2D eigenvalue weighted by molar-refractivity contribution is -0.119. The summed E-state index contributed by atoms with van der Waals surface area (Å²) in [5, 5.41) is 9.94. The van der Waals surface area contributed by atoms with Gasteiger partial charge in [-0.15, -0.1) is 5.10 Å². The first-order valence-electron chi connectivity index (χ1n) is 9.92. The summed E-state index contributed by atoms with van der Waals surface area (Å²) < 4.78 is 6.44. The highest BCUT2D eigenvalue weighted by Gasteiger charge is 2.19.